The average Bonchev–Trinajstić information content (AvgIpc) is 3.32. The Morgan fingerprint density at radius 3 is 2.84 bits per heavy atom. The molecule has 0 aliphatic carbocycles. The molecule has 0 aromatic carbocycles. The quantitative estimate of drug-likeness (QED) is 0.372. The fourth-order valence-corrected chi connectivity index (χ4v) is 3.84. The van der Waals surface area contributed by atoms with Crippen LogP contribution in [0.3, 0.4) is 0 Å². The molecule has 0 amide bonds. The lowest BCUT2D eigenvalue weighted by Crippen LogP contribution is -2.13. The Bertz CT molecular complexity index is 907. The fraction of sp³-hybridized carbons (Fsp3) is 0.167. The molecule has 0 bridgehead atoms. The zero-order valence-corrected chi connectivity index (χ0v) is 15.4. The van der Waals surface area contributed by atoms with Gasteiger partial charge in [-0.05, 0) is 48.4 Å². The van der Waals surface area contributed by atoms with Crippen LogP contribution >= 0.6 is 22.7 Å². The predicted molar refractivity (Wildman–Crippen MR) is 99.6 cm³/mol. The minimum absolute atomic E-state index is 0.229. The van der Waals surface area contributed by atoms with Gasteiger partial charge in [0.1, 0.15) is 0 Å². The molecule has 0 unspecified atom stereocenters. The van der Waals surface area contributed by atoms with Crippen molar-refractivity contribution in [1.82, 2.24) is 9.55 Å². The first-order valence-electron chi connectivity index (χ1n) is 7.55. The molecule has 3 heterocycles. The number of aromatic nitrogens is 2. The zero-order chi connectivity index (χ0) is 17.8. The number of thiazole rings is 1. The molecule has 0 saturated carbocycles. The van der Waals surface area contributed by atoms with Crippen molar-refractivity contribution in [2.45, 2.75) is 13.8 Å². The number of aryl methyl sites for hydroxylation is 1. The number of carbonyl (C=O) groups is 2. The average molecular weight is 372 g/mol. The molecule has 0 aliphatic rings. The third-order valence-corrected chi connectivity index (χ3v) is 5.10. The van der Waals surface area contributed by atoms with Crippen molar-refractivity contribution < 1.29 is 14.3 Å². The number of esters is 1. The van der Waals surface area contributed by atoms with Gasteiger partial charge in [-0.2, -0.15) is 11.3 Å². The number of thiophene rings is 1. The van der Waals surface area contributed by atoms with E-state index in [-0.39, 0.29) is 12.4 Å². The second-order valence-corrected chi connectivity index (χ2v) is 7.01. The molecular weight excluding hydrogens is 356 g/mol. The van der Waals surface area contributed by atoms with Gasteiger partial charge in [-0.25, -0.2) is 9.78 Å². The summed E-state index contributed by atoms with van der Waals surface area (Å²) in [5.41, 5.74) is 3.18. The van der Waals surface area contributed by atoms with E-state index in [1.807, 2.05) is 40.6 Å². The van der Waals surface area contributed by atoms with Crippen LogP contribution in [0.15, 0.2) is 40.5 Å². The van der Waals surface area contributed by atoms with Crippen LogP contribution in [0.25, 0.3) is 11.2 Å². The van der Waals surface area contributed by atoms with Crippen LogP contribution in [-0.4, -0.2) is 27.9 Å². The molecule has 3 aromatic heterocycles. The molecule has 0 aliphatic heterocycles. The van der Waals surface area contributed by atoms with Gasteiger partial charge < -0.3 is 4.74 Å². The van der Waals surface area contributed by atoms with Crippen molar-refractivity contribution >= 4 is 40.5 Å². The van der Waals surface area contributed by atoms with E-state index in [0.717, 1.165) is 22.1 Å². The van der Waals surface area contributed by atoms with Gasteiger partial charge in [0.25, 0.3) is 0 Å². The normalized spacial score (nSPS) is 11.1. The number of carbonyl (C=O) groups excluding carboxylic acids is 2. The summed E-state index contributed by atoms with van der Waals surface area (Å²) in [7, 11) is 0. The second-order valence-electron chi connectivity index (χ2n) is 5.36. The van der Waals surface area contributed by atoms with E-state index in [1.165, 1.54) is 17.4 Å². The predicted octanol–water partition coefficient (Wildman–Crippen LogP) is 4.05. The van der Waals surface area contributed by atoms with Gasteiger partial charge >= 0.3 is 5.97 Å². The molecule has 128 valence electrons. The highest BCUT2D eigenvalue weighted by Gasteiger charge is 2.18. The number of hydrogen-bond donors (Lipinski definition) is 0. The van der Waals surface area contributed by atoms with E-state index in [9.17, 15) is 9.59 Å². The van der Waals surface area contributed by atoms with E-state index in [0.29, 0.717) is 5.56 Å². The molecule has 7 heteroatoms. The Morgan fingerprint density at radius 1 is 1.32 bits per heavy atom. The Hall–Kier alpha value is -2.51. The number of Topliss-reactive ketones (excluding diaryl/α,β-unsaturated/α-hetero) is 1. The van der Waals surface area contributed by atoms with Gasteiger partial charge in [-0.1, -0.05) is 0 Å². The van der Waals surface area contributed by atoms with Gasteiger partial charge in [-0.3, -0.25) is 9.36 Å². The molecule has 0 saturated heterocycles. The van der Waals surface area contributed by atoms with Crippen LogP contribution in [0.2, 0.25) is 0 Å². The molecule has 5 nitrogen and oxygen atoms in total. The fourth-order valence-electron chi connectivity index (χ4n) is 2.46. The Balaban J connectivity index is 1.66. The van der Waals surface area contributed by atoms with Crippen LogP contribution in [0, 0.1) is 13.8 Å². The van der Waals surface area contributed by atoms with Crippen LogP contribution < -0.4 is 0 Å². The lowest BCUT2D eigenvalue weighted by molar-refractivity contribution is -0.136. The van der Waals surface area contributed by atoms with Crippen LogP contribution in [0.1, 0.15) is 27.3 Å². The number of ether oxygens (including phenoxy) is 1. The van der Waals surface area contributed by atoms with Crippen LogP contribution in [0.5, 0.6) is 0 Å². The summed E-state index contributed by atoms with van der Waals surface area (Å²) in [6.45, 7) is 3.50. The SMILES string of the molecule is Cc1cc(C(=O)COC(=O)/C=C/c2ccsc2)c(C)n1-c1nccs1. The molecule has 0 radical (unpaired) electrons. The molecule has 0 fully saturated rings. The van der Waals surface area contributed by atoms with Crippen LogP contribution in [0.4, 0.5) is 0 Å². The van der Waals surface area contributed by atoms with Crippen LogP contribution in [-0.2, 0) is 9.53 Å². The summed E-state index contributed by atoms with van der Waals surface area (Å²) in [4.78, 5) is 28.4. The number of hydrogen-bond acceptors (Lipinski definition) is 6. The molecule has 0 spiro atoms. The van der Waals surface area contributed by atoms with Crippen molar-refractivity contribution in [2.75, 3.05) is 6.61 Å². The summed E-state index contributed by atoms with van der Waals surface area (Å²) in [6.07, 6.45) is 4.72. The van der Waals surface area contributed by atoms with E-state index in [1.54, 1.807) is 29.7 Å². The summed E-state index contributed by atoms with van der Waals surface area (Å²) >= 11 is 3.05. The molecule has 3 aromatic rings. The van der Waals surface area contributed by atoms with E-state index in [2.05, 4.69) is 4.98 Å². The maximum atomic E-state index is 12.4. The number of rotatable bonds is 6. The highest BCUT2D eigenvalue weighted by Crippen LogP contribution is 2.22. The summed E-state index contributed by atoms with van der Waals surface area (Å²) in [6, 6.07) is 3.70. The lowest BCUT2D eigenvalue weighted by atomic mass is 10.1. The van der Waals surface area contributed by atoms with E-state index < -0.39 is 5.97 Å². The maximum Gasteiger partial charge on any atom is 0.331 e. The first-order valence-corrected chi connectivity index (χ1v) is 9.37. The summed E-state index contributed by atoms with van der Waals surface area (Å²) < 4.78 is 6.98. The minimum atomic E-state index is -0.534. The Kier molecular flexibility index (Phi) is 5.25. The minimum Gasteiger partial charge on any atom is -0.454 e. The lowest BCUT2D eigenvalue weighted by Gasteiger charge is -2.05. The smallest absolute Gasteiger partial charge is 0.331 e. The largest absolute Gasteiger partial charge is 0.454 e. The third-order valence-electron chi connectivity index (χ3n) is 3.64. The Morgan fingerprint density at radius 2 is 2.16 bits per heavy atom. The van der Waals surface area contributed by atoms with E-state index >= 15 is 0 Å². The van der Waals surface area contributed by atoms with Gasteiger partial charge in [0.05, 0.1) is 0 Å². The molecule has 25 heavy (non-hydrogen) atoms. The van der Waals surface area contributed by atoms with Gasteiger partial charge in [-0.15, -0.1) is 11.3 Å². The van der Waals surface area contributed by atoms with Crippen molar-refractivity contribution in [3.8, 4) is 5.13 Å². The third kappa shape index (κ3) is 3.94. The monoisotopic (exact) mass is 372 g/mol. The summed E-state index contributed by atoms with van der Waals surface area (Å²) in [5, 5.41) is 6.54. The number of ketones is 1. The molecular formula is C18H16N2O3S2. The van der Waals surface area contributed by atoms with Gasteiger partial charge in [0, 0.05) is 34.6 Å². The molecule has 0 N–H and O–H groups in total. The second kappa shape index (κ2) is 7.58. The highest BCUT2D eigenvalue weighted by molar-refractivity contribution is 7.12. The first-order chi connectivity index (χ1) is 12.1. The zero-order valence-electron chi connectivity index (χ0n) is 13.8. The molecule has 0 atom stereocenters. The Labute approximate surface area is 153 Å². The molecule has 3 rings (SSSR count). The van der Waals surface area contributed by atoms with Crippen molar-refractivity contribution in [3.63, 3.8) is 0 Å². The first kappa shape index (κ1) is 17.3. The van der Waals surface area contributed by atoms with Crippen molar-refractivity contribution in [1.29, 1.82) is 0 Å². The highest BCUT2D eigenvalue weighted by atomic mass is 32.1. The maximum absolute atomic E-state index is 12.4. The van der Waals surface area contributed by atoms with Gasteiger partial charge in [0.2, 0.25) is 5.78 Å². The standard InChI is InChI=1S/C18H16N2O3S2/c1-12-9-15(13(2)20(12)18-19-6-8-25-18)16(21)10-23-17(22)4-3-14-5-7-24-11-14/h3-9,11H,10H2,1-2H3/b4-3+. The van der Waals surface area contributed by atoms with Crippen molar-refractivity contribution in [2.24, 2.45) is 0 Å². The van der Waals surface area contributed by atoms with Crippen molar-refractivity contribution in [3.05, 3.63) is 63.1 Å². The topological polar surface area (TPSA) is 61.2 Å². The summed E-state index contributed by atoms with van der Waals surface area (Å²) in [5.74, 6) is -0.763. The van der Waals surface area contributed by atoms with Gasteiger partial charge in [0.15, 0.2) is 11.7 Å². The number of nitrogens with zero attached hydrogens (tertiary/aromatic N) is 2. The van der Waals surface area contributed by atoms with E-state index in [4.69, 9.17) is 4.74 Å².